The largest absolute Gasteiger partial charge is 0.497 e. The van der Waals surface area contributed by atoms with Gasteiger partial charge in [0, 0.05) is 41.7 Å². The number of hydrogen-bond acceptors (Lipinski definition) is 6. The van der Waals surface area contributed by atoms with Gasteiger partial charge in [0.05, 0.1) is 31.5 Å². The summed E-state index contributed by atoms with van der Waals surface area (Å²) in [5, 5.41) is 15.8. The maximum atomic E-state index is 14.4. The summed E-state index contributed by atoms with van der Waals surface area (Å²) < 4.78 is 36.0. The van der Waals surface area contributed by atoms with Crippen molar-refractivity contribution in [2.45, 2.75) is 96.7 Å². The number of hydrogen-bond donors (Lipinski definition) is 3. The molecule has 4 aliphatic rings. The molecule has 3 aromatic rings. The highest BCUT2D eigenvalue weighted by Crippen LogP contribution is 2.62. The van der Waals surface area contributed by atoms with E-state index in [1.165, 1.54) is 26.1 Å². The van der Waals surface area contributed by atoms with Gasteiger partial charge in [-0.05, 0) is 102 Å². The Kier molecular flexibility index (Phi) is 8.71. The number of nitrogens with zero attached hydrogens (tertiary/aromatic N) is 2. The monoisotopic (exact) mass is 702 g/mol. The van der Waals surface area contributed by atoms with Crippen molar-refractivity contribution in [1.82, 2.24) is 18.9 Å². The molecule has 268 valence electrons. The predicted octanol–water partition coefficient (Wildman–Crippen LogP) is 5.99. The van der Waals surface area contributed by atoms with Crippen LogP contribution in [-0.4, -0.2) is 67.6 Å². The molecule has 2 amide bonds. The Morgan fingerprint density at radius 3 is 2.40 bits per heavy atom. The molecule has 0 radical (unpaired) electrons. The van der Waals surface area contributed by atoms with E-state index in [-0.39, 0.29) is 40.8 Å². The lowest BCUT2D eigenvalue weighted by atomic mass is 9.44. The SMILES string of the molecule is COc1ccc2c(c1)C=C(C(=O)N[C@@H]1CC(C)(C)C3CCC3(C)[C@@H]1O)Cn1c-2c(C2CCCCC2)c2ccc(C(=O)NS(=O)(=O)N(C)C)cc21. The van der Waals surface area contributed by atoms with Crippen LogP contribution in [0.25, 0.3) is 28.2 Å². The highest BCUT2D eigenvalue weighted by Gasteiger charge is 2.60. The molecule has 4 atom stereocenters. The average molecular weight is 703 g/mol. The Hall–Kier alpha value is -3.67. The van der Waals surface area contributed by atoms with E-state index in [0.717, 1.165) is 70.6 Å². The van der Waals surface area contributed by atoms with E-state index < -0.39 is 22.2 Å². The molecule has 2 unspecified atom stereocenters. The second kappa shape index (κ2) is 12.5. The number of carbonyl (C=O) groups is 2. The highest BCUT2D eigenvalue weighted by molar-refractivity contribution is 7.87. The van der Waals surface area contributed by atoms with Crippen molar-refractivity contribution in [3.05, 3.63) is 58.7 Å². The number of amides is 2. The van der Waals surface area contributed by atoms with Crippen LogP contribution in [-0.2, 0) is 21.5 Å². The average Bonchev–Trinajstić information content (AvgIpc) is 3.27. The fourth-order valence-electron chi connectivity index (χ4n) is 9.64. The molecular formula is C39H50N4O6S. The number of nitrogens with one attached hydrogen (secondary N) is 2. The van der Waals surface area contributed by atoms with Crippen LogP contribution in [0.4, 0.5) is 0 Å². The quantitative estimate of drug-likeness (QED) is 0.278. The van der Waals surface area contributed by atoms with Crippen molar-refractivity contribution in [1.29, 1.82) is 0 Å². The minimum absolute atomic E-state index is 0.0162. The summed E-state index contributed by atoms with van der Waals surface area (Å²) in [4.78, 5) is 27.8. The van der Waals surface area contributed by atoms with Gasteiger partial charge in [-0.3, -0.25) is 9.59 Å². The van der Waals surface area contributed by atoms with Crippen molar-refractivity contribution in [2.24, 2.45) is 16.7 Å². The van der Waals surface area contributed by atoms with Gasteiger partial charge in [-0.15, -0.1) is 0 Å². The van der Waals surface area contributed by atoms with Gasteiger partial charge in [0.1, 0.15) is 5.75 Å². The molecule has 1 aliphatic heterocycles. The molecule has 3 fully saturated rings. The molecule has 3 saturated carbocycles. The predicted molar refractivity (Wildman–Crippen MR) is 195 cm³/mol. The summed E-state index contributed by atoms with van der Waals surface area (Å²) in [7, 11) is 0.360. The van der Waals surface area contributed by atoms with E-state index in [4.69, 9.17) is 4.74 Å². The van der Waals surface area contributed by atoms with Gasteiger partial charge in [0.25, 0.3) is 5.91 Å². The Bertz CT molecular complexity index is 2010. The van der Waals surface area contributed by atoms with Crippen LogP contribution in [0.1, 0.15) is 99.5 Å². The van der Waals surface area contributed by atoms with Crippen molar-refractivity contribution < 1.29 is 27.9 Å². The molecule has 10 nitrogen and oxygen atoms in total. The van der Waals surface area contributed by atoms with E-state index >= 15 is 0 Å². The molecular weight excluding hydrogens is 653 g/mol. The van der Waals surface area contributed by atoms with Gasteiger partial charge >= 0.3 is 10.2 Å². The zero-order valence-electron chi connectivity index (χ0n) is 30.0. The van der Waals surface area contributed by atoms with Gasteiger partial charge in [-0.2, -0.15) is 12.7 Å². The van der Waals surface area contributed by atoms with E-state index in [2.05, 4.69) is 35.4 Å². The van der Waals surface area contributed by atoms with Crippen LogP contribution in [0.3, 0.4) is 0 Å². The topological polar surface area (TPSA) is 130 Å². The first-order valence-electron chi connectivity index (χ1n) is 17.9. The summed E-state index contributed by atoms with van der Waals surface area (Å²) in [6.45, 7) is 6.88. The molecule has 11 heteroatoms. The molecule has 3 N–H and O–H groups in total. The number of aromatic nitrogens is 1. The van der Waals surface area contributed by atoms with Crippen LogP contribution in [0, 0.1) is 16.7 Å². The smallest absolute Gasteiger partial charge is 0.303 e. The summed E-state index contributed by atoms with van der Waals surface area (Å²) in [6.07, 6.45) is 9.55. The summed E-state index contributed by atoms with van der Waals surface area (Å²) in [6, 6.07) is 10.9. The maximum absolute atomic E-state index is 14.4. The lowest BCUT2D eigenvalue weighted by Crippen LogP contribution is -2.65. The molecule has 3 aliphatic carbocycles. The second-order valence-electron chi connectivity index (χ2n) is 16.1. The Labute approximate surface area is 295 Å². The van der Waals surface area contributed by atoms with Gasteiger partial charge in [0.15, 0.2) is 0 Å². The van der Waals surface area contributed by atoms with E-state index in [9.17, 15) is 23.1 Å². The first kappa shape index (κ1) is 34.8. The van der Waals surface area contributed by atoms with E-state index in [1.54, 1.807) is 19.2 Å². The second-order valence-corrected chi connectivity index (χ2v) is 18.0. The van der Waals surface area contributed by atoms with Crippen LogP contribution < -0.4 is 14.8 Å². The van der Waals surface area contributed by atoms with E-state index in [0.29, 0.717) is 23.7 Å². The number of ether oxygens (including phenoxy) is 1. The van der Waals surface area contributed by atoms with Gasteiger partial charge < -0.3 is 19.7 Å². The maximum Gasteiger partial charge on any atom is 0.303 e. The van der Waals surface area contributed by atoms with Crippen molar-refractivity contribution in [3.8, 4) is 17.0 Å². The number of aliphatic hydroxyl groups excluding tert-OH is 1. The molecule has 1 aromatic heterocycles. The standard InChI is InChI=1S/C39H50N4O6S/c1-38(2)21-30(35(44)39(3)17-16-32(38)39)40-36(45)26-18-25-19-27(49-6)13-15-28(25)34-33(23-10-8-7-9-11-23)29-14-12-24(20-31(29)43(34)22-26)37(46)41-50(47,48)42(4)5/h12-15,18-20,23,30,32,35,44H,7-11,16-17,21-22H2,1-6H3,(H,40,45)(H,41,46)/t30-,32?,35-,39?/m1/s1. The fraction of sp³-hybridized carbons (Fsp3) is 0.538. The normalized spacial score (nSPS) is 26.2. The van der Waals surface area contributed by atoms with Crippen LogP contribution >= 0.6 is 0 Å². The molecule has 0 spiro atoms. The minimum Gasteiger partial charge on any atom is -0.497 e. The number of rotatable bonds is 7. The Balaban J connectivity index is 1.36. The van der Waals surface area contributed by atoms with Crippen molar-refractivity contribution in [3.63, 3.8) is 0 Å². The third-order valence-corrected chi connectivity index (χ3v) is 13.8. The lowest BCUT2D eigenvalue weighted by molar-refractivity contribution is -0.176. The molecule has 50 heavy (non-hydrogen) atoms. The number of fused-ring (bicyclic) bond motifs is 6. The third-order valence-electron chi connectivity index (χ3n) is 12.4. The van der Waals surface area contributed by atoms with Crippen LogP contribution in [0.15, 0.2) is 42.0 Å². The van der Waals surface area contributed by atoms with Gasteiger partial charge in [0.2, 0.25) is 5.91 Å². The van der Waals surface area contributed by atoms with Crippen LogP contribution in [0.2, 0.25) is 0 Å². The molecule has 7 rings (SSSR count). The first-order chi connectivity index (χ1) is 23.6. The van der Waals surface area contributed by atoms with E-state index in [1.807, 2.05) is 30.3 Å². The molecule has 2 heterocycles. The van der Waals surface area contributed by atoms with Gasteiger partial charge in [-0.1, -0.05) is 46.1 Å². The molecule has 0 bridgehead atoms. The minimum atomic E-state index is -4.00. The zero-order valence-corrected chi connectivity index (χ0v) is 30.8. The first-order valence-corrected chi connectivity index (χ1v) is 19.4. The summed E-state index contributed by atoms with van der Waals surface area (Å²) >= 11 is 0. The van der Waals surface area contributed by atoms with Crippen molar-refractivity contribution in [2.75, 3.05) is 21.2 Å². The third kappa shape index (κ3) is 5.75. The number of carbonyl (C=O) groups excluding carboxylic acids is 2. The zero-order chi connectivity index (χ0) is 35.7. The van der Waals surface area contributed by atoms with Gasteiger partial charge in [-0.25, -0.2) is 4.72 Å². The van der Waals surface area contributed by atoms with Crippen LogP contribution in [0.5, 0.6) is 5.75 Å². The summed E-state index contributed by atoms with van der Waals surface area (Å²) in [5.74, 6) is 0.426. The molecule has 0 saturated heterocycles. The number of methoxy groups -OCH3 is 1. The highest BCUT2D eigenvalue weighted by atomic mass is 32.2. The lowest BCUT2D eigenvalue weighted by Gasteiger charge is -2.62. The van der Waals surface area contributed by atoms with Crippen molar-refractivity contribution >= 4 is 39.0 Å². The Morgan fingerprint density at radius 1 is 1.00 bits per heavy atom. The number of aliphatic hydroxyl groups is 1. The summed E-state index contributed by atoms with van der Waals surface area (Å²) in [5.41, 5.74) is 5.29. The molecule has 2 aromatic carbocycles. The fourth-order valence-corrected chi connectivity index (χ4v) is 10.2. The Morgan fingerprint density at radius 2 is 1.74 bits per heavy atom. The number of benzene rings is 2.